The molecular formula is C33H31N3O6. The zero-order valence-electron chi connectivity index (χ0n) is 23.6. The first kappa shape index (κ1) is 26.3. The first-order valence-corrected chi connectivity index (χ1v) is 14.3. The summed E-state index contributed by atoms with van der Waals surface area (Å²) in [4.78, 5) is 44.9. The van der Waals surface area contributed by atoms with Gasteiger partial charge in [0.2, 0.25) is 0 Å². The molecular weight excluding hydrogens is 534 g/mol. The van der Waals surface area contributed by atoms with Gasteiger partial charge >= 0.3 is 5.97 Å². The van der Waals surface area contributed by atoms with E-state index in [0.29, 0.717) is 54.6 Å². The highest BCUT2D eigenvalue weighted by Gasteiger charge is 2.44. The van der Waals surface area contributed by atoms with Crippen LogP contribution in [-0.4, -0.2) is 65.0 Å². The summed E-state index contributed by atoms with van der Waals surface area (Å²) in [6.45, 7) is 0.994. The maximum absolute atomic E-state index is 13.6. The number of likely N-dealkylation sites (tertiary alicyclic amines) is 1. The van der Waals surface area contributed by atoms with E-state index in [1.54, 1.807) is 31.5 Å². The van der Waals surface area contributed by atoms with Gasteiger partial charge in [0.25, 0.3) is 5.91 Å². The van der Waals surface area contributed by atoms with Gasteiger partial charge in [-0.2, -0.15) is 0 Å². The average Bonchev–Trinajstić information content (AvgIpc) is 3.78. The predicted molar refractivity (Wildman–Crippen MR) is 155 cm³/mol. The van der Waals surface area contributed by atoms with Gasteiger partial charge < -0.3 is 23.7 Å². The summed E-state index contributed by atoms with van der Waals surface area (Å²) in [6, 6.07) is 15.3. The Morgan fingerprint density at radius 1 is 1.00 bits per heavy atom. The molecule has 0 bridgehead atoms. The van der Waals surface area contributed by atoms with Crippen molar-refractivity contribution in [2.45, 2.75) is 43.7 Å². The molecule has 2 aromatic heterocycles. The van der Waals surface area contributed by atoms with Crippen molar-refractivity contribution in [1.29, 1.82) is 0 Å². The SMILES string of the molecule is COC(=O)c1cc(-c2ccc3c(c2)C(=O)CC2(CCN(C(=O)c4cc(OC)c5ccn(C6CC6)c5c4)CC2)O3)ccn1. The van der Waals surface area contributed by atoms with Crippen LogP contribution < -0.4 is 9.47 Å². The summed E-state index contributed by atoms with van der Waals surface area (Å²) in [5.41, 5.74) is 3.26. The zero-order valence-corrected chi connectivity index (χ0v) is 23.6. The molecule has 1 saturated heterocycles. The van der Waals surface area contributed by atoms with Gasteiger partial charge in [-0.1, -0.05) is 6.07 Å². The molecule has 0 radical (unpaired) electrons. The molecule has 9 nitrogen and oxygen atoms in total. The molecule has 0 unspecified atom stereocenters. The number of Topliss-reactive ketones (excluding diaryl/α,β-unsaturated/α-hetero) is 1. The third kappa shape index (κ3) is 4.49. The number of piperidine rings is 1. The van der Waals surface area contributed by atoms with E-state index >= 15 is 0 Å². The largest absolute Gasteiger partial charge is 0.496 e. The fraction of sp³-hybridized carbons (Fsp3) is 0.333. The minimum atomic E-state index is -0.639. The number of esters is 1. The first-order valence-electron chi connectivity index (χ1n) is 14.3. The van der Waals surface area contributed by atoms with Crippen molar-refractivity contribution in [3.05, 3.63) is 77.7 Å². The summed E-state index contributed by atoms with van der Waals surface area (Å²) in [5.74, 6) is 0.705. The van der Waals surface area contributed by atoms with Crippen molar-refractivity contribution in [3.8, 4) is 22.6 Å². The Morgan fingerprint density at radius 2 is 1.79 bits per heavy atom. The van der Waals surface area contributed by atoms with Gasteiger partial charge in [0.05, 0.1) is 31.7 Å². The molecule has 1 amide bonds. The Balaban J connectivity index is 1.08. The predicted octanol–water partition coefficient (Wildman–Crippen LogP) is 5.47. The van der Waals surface area contributed by atoms with Gasteiger partial charge in [0, 0.05) is 55.3 Å². The zero-order chi connectivity index (χ0) is 29.0. The third-order valence-electron chi connectivity index (χ3n) is 8.75. The number of fused-ring (bicyclic) bond motifs is 2. The summed E-state index contributed by atoms with van der Waals surface area (Å²) in [7, 11) is 2.95. The lowest BCUT2D eigenvalue weighted by atomic mass is 9.82. The molecule has 4 heterocycles. The fourth-order valence-electron chi connectivity index (χ4n) is 6.27. The molecule has 2 aliphatic heterocycles. The number of amides is 1. The number of ketones is 1. The summed E-state index contributed by atoms with van der Waals surface area (Å²) in [6.07, 6.45) is 7.32. The molecule has 4 aromatic rings. The van der Waals surface area contributed by atoms with Crippen LogP contribution in [0, 0.1) is 0 Å². The lowest BCUT2D eigenvalue weighted by Gasteiger charge is -2.44. The topological polar surface area (TPSA) is 100.0 Å². The Hall–Kier alpha value is -4.66. The van der Waals surface area contributed by atoms with Crippen LogP contribution in [0.15, 0.2) is 60.9 Å². The fourth-order valence-corrected chi connectivity index (χ4v) is 6.27. The van der Waals surface area contributed by atoms with E-state index in [4.69, 9.17) is 14.2 Å². The molecule has 214 valence electrons. The molecule has 7 rings (SSSR count). The van der Waals surface area contributed by atoms with Gasteiger partial charge in [-0.3, -0.25) is 9.59 Å². The molecule has 0 N–H and O–H groups in total. The monoisotopic (exact) mass is 565 g/mol. The van der Waals surface area contributed by atoms with Crippen molar-refractivity contribution < 1.29 is 28.6 Å². The minimum Gasteiger partial charge on any atom is -0.496 e. The lowest BCUT2D eigenvalue weighted by Crippen LogP contribution is -2.52. The average molecular weight is 566 g/mol. The van der Waals surface area contributed by atoms with Crippen LogP contribution in [-0.2, 0) is 4.74 Å². The normalized spacial score (nSPS) is 17.6. The van der Waals surface area contributed by atoms with Crippen LogP contribution in [0.2, 0.25) is 0 Å². The van der Waals surface area contributed by atoms with E-state index < -0.39 is 11.6 Å². The molecule has 3 aliphatic rings. The molecule has 0 atom stereocenters. The molecule has 1 spiro atoms. The highest BCUT2D eigenvalue weighted by molar-refractivity contribution is 6.02. The van der Waals surface area contributed by atoms with E-state index in [-0.39, 0.29) is 23.8 Å². The van der Waals surface area contributed by atoms with Gasteiger partial charge in [-0.05, 0) is 66.4 Å². The quantitative estimate of drug-likeness (QED) is 0.296. The first-order chi connectivity index (χ1) is 20.4. The van der Waals surface area contributed by atoms with Crippen LogP contribution in [0.3, 0.4) is 0 Å². The van der Waals surface area contributed by atoms with Gasteiger partial charge in [-0.15, -0.1) is 0 Å². The molecule has 1 aliphatic carbocycles. The van der Waals surface area contributed by atoms with E-state index in [1.165, 1.54) is 7.11 Å². The van der Waals surface area contributed by atoms with Crippen LogP contribution in [0.5, 0.6) is 11.5 Å². The van der Waals surface area contributed by atoms with Gasteiger partial charge in [-0.25, -0.2) is 9.78 Å². The van der Waals surface area contributed by atoms with E-state index in [1.807, 2.05) is 29.2 Å². The maximum atomic E-state index is 13.6. The van der Waals surface area contributed by atoms with Crippen LogP contribution >= 0.6 is 0 Å². The van der Waals surface area contributed by atoms with E-state index in [0.717, 1.165) is 34.9 Å². The highest BCUT2D eigenvalue weighted by atomic mass is 16.5. The highest BCUT2D eigenvalue weighted by Crippen LogP contribution is 2.42. The number of ether oxygens (including phenoxy) is 3. The number of aromatic nitrogens is 2. The Kier molecular flexibility index (Phi) is 6.26. The number of carbonyl (C=O) groups is 3. The van der Waals surface area contributed by atoms with Gasteiger partial charge in [0.15, 0.2) is 5.78 Å². The summed E-state index contributed by atoms with van der Waals surface area (Å²) >= 11 is 0. The second kappa shape index (κ2) is 10.0. The number of hydrogen-bond donors (Lipinski definition) is 0. The molecule has 42 heavy (non-hydrogen) atoms. The van der Waals surface area contributed by atoms with Crippen molar-refractivity contribution >= 4 is 28.6 Å². The number of pyridine rings is 1. The van der Waals surface area contributed by atoms with E-state index in [2.05, 4.69) is 21.8 Å². The maximum Gasteiger partial charge on any atom is 0.356 e. The summed E-state index contributed by atoms with van der Waals surface area (Å²) in [5, 5.41) is 1.02. The minimum absolute atomic E-state index is 0.0103. The van der Waals surface area contributed by atoms with Crippen LogP contribution in [0.1, 0.15) is 69.4 Å². The van der Waals surface area contributed by atoms with E-state index in [9.17, 15) is 14.4 Å². The third-order valence-corrected chi connectivity index (χ3v) is 8.75. The van der Waals surface area contributed by atoms with Crippen molar-refractivity contribution in [2.75, 3.05) is 27.3 Å². The second-order valence-corrected chi connectivity index (χ2v) is 11.4. The molecule has 2 fully saturated rings. The van der Waals surface area contributed by atoms with Crippen LogP contribution in [0.4, 0.5) is 0 Å². The standard InChI is InChI=1S/C33H31N3O6/c1-40-30-18-22(17-27-24(30)8-12-36(27)23-4-5-23)31(38)35-13-9-33(10-14-35)19-28(37)25-15-20(3-6-29(25)42-33)21-7-11-34-26(16-21)32(39)41-2/h3,6-8,11-12,15-18,23H,4-5,9-10,13-14,19H2,1-2H3. The molecule has 1 saturated carbocycles. The summed E-state index contributed by atoms with van der Waals surface area (Å²) < 4.78 is 19.2. The smallest absolute Gasteiger partial charge is 0.356 e. The Labute approximate surface area is 243 Å². The Bertz CT molecular complexity index is 1750. The van der Waals surface area contributed by atoms with Crippen molar-refractivity contribution in [2.24, 2.45) is 0 Å². The number of carbonyl (C=O) groups excluding carboxylic acids is 3. The number of hydrogen-bond acceptors (Lipinski definition) is 7. The number of nitrogens with zero attached hydrogens (tertiary/aromatic N) is 3. The number of methoxy groups -OCH3 is 2. The number of benzene rings is 2. The Morgan fingerprint density at radius 3 is 2.52 bits per heavy atom. The number of rotatable bonds is 5. The molecule has 2 aromatic carbocycles. The second-order valence-electron chi connectivity index (χ2n) is 11.4. The molecule has 9 heteroatoms. The van der Waals surface area contributed by atoms with Gasteiger partial charge in [0.1, 0.15) is 22.8 Å². The van der Waals surface area contributed by atoms with Crippen molar-refractivity contribution in [1.82, 2.24) is 14.5 Å². The van der Waals surface area contributed by atoms with Crippen LogP contribution in [0.25, 0.3) is 22.0 Å². The van der Waals surface area contributed by atoms with Crippen molar-refractivity contribution in [3.63, 3.8) is 0 Å². The lowest BCUT2D eigenvalue weighted by molar-refractivity contribution is -0.00571.